The van der Waals surface area contributed by atoms with Crippen LogP contribution in [0.25, 0.3) is 0 Å². The molecule has 1 aromatic carbocycles. The Morgan fingerprint density at radius 3 is 2.72 bits per heavy atom. The predicted octanol–water partition coefficient (Wildman–Crippen LogP) is 1.61. The van der Waals surface area contributed by atoms with Gasteiger partial charge in [0.1, 0.15) is 10.8 Å². The van der Waals surface area contributed by atoms with Gasteiger partial charge in [0.25, 0.3) is 5.91 Å². The Morgan fingerprint density at radius 1 is 1.44 bits per heavy atom. The maximum atomic E-state index is 11.9. The molecule has 0 saturated carbocycles. The number of nitrogens with zero attached hydrogens (tertiary/aromatic N) is 1. The van der Waals surface area contributed by atoms with Gasteiger partial charge in [-0.2, -0.15) is 4.37 Å². The first-order chi connectivity index (χ1) is 8.69. The first kappa shape index (κ1) is 12.6. The highest BCUT2D eigenvalue weighted by atomic mass is 32.1. The molecule has 0 unspecified atom stereocenters. The normalized spacial score (nSPS) is 9.89. The average molecular weight is 261 g/mol. The number of benzene rings is 1. The lowest BCUT2D eigenvalue weighted by molar-refractivity contribution is 0.102. The maximum absolute atomic E-state index is 11.9. The molecular formula is C11H10BN2O3S. The second-order valence-electron chi connectivity index (χ2n) is 3.53. The highest BCUT2D eigenvalue weighted by molar-refractivity contribution is 7.10. The number of nitrogens with one attached hydrogen (secondary N) is 1. The number of anilines is 1. The van der Waals surface area contributed by atoms with Crippen molar-refractivity contribution in [2.75, 3.05) is 5.32 Å². The van der Waals surface area contributed by atoms with Gasteiger partial charge in [-0.1, -0.05) is 0 Å². The van der Waals surface area contributed by atoms with Crippen LogP contribution in [0, 0.1) is 6.92 Å². The Balaban J connectivity index is 2.04. The minimum Gasteiger partial charge on any atom is -0.537 e. The molecule has 0 bridgehead atoms. The minimum absolute atomic E-state index is 0.210. The van der Waals surface area contributed by atoms with Crippen molar-refractivity contribution >= 4 is 30.1 Å². The number of hydrogen-bond acceptors (Lipinski definition) is 5. The molecule has 0 aliphatic rings. The van der Waals surface area contributed by atoms with Gasteiger partial charge in [-0.3, -0.25) is 4.79 Å². The van der Waals surface area contributed by atoms with Crippen molar-refractivity contribution in [1.82, 2.24) is 4.37 Å². The monoisotopic (exact) mass is 261 g/mol. The van der Waals surface area contributed by atoms with E-state index in [1.807, 2.05) is 6.92 Å². The molecule has 2 aromatic rings. The van der Waals surface area contributed by atoms with Crippen molar-refractivity contribution < 1.29 is 14.5 Å². The van der Waals surface area contributed by atoms with E-state index in [1.54, 1.807) is 30.3 Å². The Hall–Kier alpha value is -1.86. The first-order valence-electron chi connectivity index (χ1n) is 5.16. The van der Waals surface area contributed by atoms with Crippen LogP contribution in [0.4, 0.5) is 5.00 Å². The second-order valence-corrected chi connectivity index (χ2v) is 4.34. The predicted molar refractivity (Wildman–Crippen MR) is 69.8 cm³/mol. The Kier molecular flexibility index (Phi) is 3.96. The summed E-state index contributed by atoms with van der Waals surface area (Å²) in [5.74, 6) is 0.251. The van der Waals surface area contributed by atoms with Crippen LogP contribution < -0.4 is 9.97 Å². The third kappa shape index (κ3) is 3.09. The largest absolute Gasteiger partial charge is 0.569 e. The van der Waals surface area contributed by atoms with E-state index in [0.29, 0.717) is 24.0 Å². The summed E-state index contributed by atoms with van der Waals surface area (Å²) in [4.78, 5) is 11.9. The quantitative estimate of drug-likeness (QED) is 0.820. The average Bonchev–Trinajstić information content (AvgIpc) is 2.76. The van der Waals surface area contributed by atoms with Crippen LogP contribution in [-0.2, 0) is 0 Å². The fourth-order valence-corrected chi connectivity index (χ4v) is 2.01. The molecular weight excluding hydrogens is 251 g/mol. The minimum atomic E-state index is -0.210. The van der Waals surface area contributed by atoms with E-state index in [4.69, 9.17) is 9.68 Å². The van der Waals surface area contributed by atoms with Gasteiger partial charge in [-0.05, 0) is 48.8 Å². The Labute approximate surface area is 109 Å². The molecule has 7 heteroatoms. The third-order valence-electron chi connectivity index (χ3n) is 2.17. The topological polar surface area (TPSA) is 71.5 Å². The van der Waals surface area contributed by atoms with E-state index < -0.39 is 0 Å². The van der Waals surface area contributed by atoms with E-state index >= 15 is 0 Å². The standard InChI is InChI=1S/C11H10BN2O3S/c1-7-6-10(18-14-7)13-11(15)8-2-4-9(5-3-8)17-12-16/h2-6,16H,1H3,(H,13,15). The molecule has 1 aromatic heterocycles. The van der Waals surface area contributed by atoms with Gasteiger partial charge >= 0.3 is 7.69 Å². The Bertz CT molecular complexity index is 541. The number of carbonyl (C=O) groups is 1. The van der Waals surface area contributed by atoms with Crippen LogP contribution in [0.15, 0.2) is 30.3 Å². The van der Waals surface area contributed by atoms with Gasteiger partial charge in [-0.15, -0.1) is 0 Å². The lowest BCUT2D eigenvalue weighted by Gasteiger charge is -2.04. The number of aryl methyl sites for hydroxylation is 1. The first-order valence-corrected chi connectivity index (χ1v) is 5.93. The molecule has 1 amide bonds. The molecule has 18 heavy (non-hydrogen) atoms. The summed E-state index contributed by atoms with van der Waals surface area (Å²) in [5, 5.41) is 11.9. The summed E-state index contributed by atoms with van der Waals surface area (Å²) >= 11 is 1.24. The van der Waals surface area contributed by atoms with Crippen LogP contribution in [0.3, 0.4) is 0 Å². The fourth-order valence-electron chi connectivity index (χ4n) is 1.35. The van der Waals surface area contributed by atoms with Crippen LogP contribution in [0.5, 0.6) is 5.75 Å². The van der Waals surface area contributed by atoms with Gasteiger partial charge in [-0.25, -0.2) is 0 Å². The third-order valence-corrected chi connectivity index (χ3v) is 2.97. The Morgan fingerprint density at radius 2 is 2.17 bits per heavy atom. The molecule has 91 valence electrons. The van der Waals surface area contributed by atoms with Gasteiger partial charge in [0.2, 0.25) is 0 Å². The van der Waals surface area contributed by atoms with Gasteiger partial charge < -0.3 is 15.0 Å². The molecule has 5 nitrogen and oxygen atoms in total. The molecule has 0 spiro atoms. The van der Waals surface area contributed by atoms with Crippen molar-refractivity contribution in [3.63, 3.8) is 0 Å². The van der Waals surface area contributed by atoms with Crippen LogP contribution >= 0.6 is 11.5 Å². The highest BCUT2D eigenvalue weighted by Gasteiger charge is 2.08. The zero-order valence-electron chi connectivity index (χ0n) is 9.58. The molecule has 1 heterocycles. The molecule has 2 rings (SSSR count). The van der Waals surface area contributed by atoms with Gasteiger partial charge in [0.15, 0.2) is 0 Å². The van der Waals surface area contributed by atoms with Crippen molar-refractivity contribution in [2.24, 2.45) is 0 Å². The van der Waals surface area contributed by atoms with Crippen LogP contribution in [-0.4, -0.2) is 23.0 Å². The summed E-state index contributed by atoms with van der Waals surface area (Å²) < 4.78 is 8.83. The van der Waals surface area contributed by atoms with Crippen LogP contribution in [0.1, 0.15) is 16.1 Å². The fraction of sp³-hybridized carbons (Fsp3) is 0.0909. The van der Waals surface area contributed by atoms with Gasteiger partial charge in [0.05, 0.1) is 5.69 Å². The van der Waals surface area contributed by atoms with Crippen molar-refractivity contribution in [2.45, 2.75) is 6.92 Å². The summed E-state index contributed by atoms with van der Waals surface area (Å²) in [6, 6.07) is 8.23. The SMILES string of the molecule is Cc1cc(NC(=O)c2ccc(O[B]O)cc2)sn1. The molecule has 2 N–H and O–H groups in total. The lowest BCUT2D eigenvalue weighted by Crippen LogP contribution is -2.10. The molecule has 0 atom stereocenters. The van der Waals surface area contributed by atoms with E-state index in [1.165, 1.54) is 11.5 Å². The summed E-state index contributed by atoms with van der Waals surface area (Å²) in [5.41, 5.74) is 1.38. The maximum Gasteiger partial charge on any atom is 0.569 e. The number of rotatable bonds is 4. The molecule has 0 saturated heterocycles. The zero-order chi connectivity index (χ0) is 13.0. The second kappa shape index (κ2) is 5.66. The number of carbonyl (C=O) groups excluding carboxylic acids is 1. The summed E-state index contributed by atoms with van der Waals surface area (Å²) in [7, 11) is 0.592. The number of hydrogen-bond donors (Lipinski definition) is 2. The number of amides is 1. The lowest BCUT2D eigenvalue weighted by atomic mass is 10.2. The van der Waals surface area contributed by atoms with E-state index in [2.05, 4.69) is 9.69 Å². The zero-order valence-corrected chi connectivity index (χ0v) is 10.4. The van der Waals surface area contributed by atoms with Gasteiger partial charge in [0, 0.05) is 5.56 Å². The van der Waals surface area contributed by atoms with Crippen molar-refractivity contribution in [3.05, 3.63) is 41.6 Å². The van der Waals surface area contributed by atoms with Crippen molar-refractivity contribution in [1.29, 1.82) is 0 Å². The van der Waals surface area contributed by atoms with Crippen molar-refractivity contribution in [3.8, 4) is 5.75 Å². The van der Waals surface area contributed by atoms with E-state index in [-0.39, 0.29) is 5.91 Å². The van der Waals surface area contributed by atoms with Crippen LogP contribution in [0.2, 0.25) is 0 Å². The smallest absolute Gasteiger partial charge is 0.537 e. The summed E-state index contributed by atoms with van der Waals surface area (Å²) in [6.07, 6.45) is 0. The number of aromatic nitrogens is 1. The molecule has 1 radical (unpaired) electrons. The summed E-state index contributed by atoms with van der Waals surface area (Å²) in [6.45, 7) is 1.86. The molecule has 0 fully saturated rings. The van der Waals surface area contributed by atoms with E-state index in [0.717, 1.165) is 5.69 Å². The highest BCUT2D eigenvalue weighted by Crippen LogP contribution is 2.17. The van der Waals surface area contributed by atoms with E-state index in [9.17, 15) is 4.79 Å². The molecule has 0 aliphatic carbocycles. The molecule has 0 aliphatic heterocycles.